The fourth-order valence-corrected chi connectivity index (χ4v) is 3.37. The van der Waals surface area contributed by atoms with Crippen LogP contribution < -0.4 is 16.2 Å². The molecule has 0 aliphatic heterocycles. The maximum Gasteiger partial charge on any atom is 0.255 e. The quantitative estimate of drug-likeness (QED) is 0.458. The minimum atomic E-state index is -0.280. The second kappa shape index (κ2) is 9.78. The molecule has 4 rings (SSSR count). The maximum atomic E-state index is 12.8. The summed E-state index contributed by atoms with van der Waals surface area (Å²) < 4.78 is 1.62. The normalized spacial score (nSPS) is 10.5. The van der Waals surface area contributed by atoms with Crippen LogP contribution in [0.25, 0.3) is 0 Å². The van der Waals surface area contributed by atoms with Crippen molar-refractivity contribution in [1.82, 2.24) is 4.57 Å². The summed E-state index contributed by atoms with van der Waals surface area (Å²) in [4.78, 5) is 37.1. The van der Waals surface area contributed by atoms with Gasteiger partial charge in [-0.1, -0.05) is 42.5 Å². The van der Waals surface area contributed by atoms with E-state index in [4.69, 9.17) is 0 Å². The van der Waals surface area contributed by atoms with Crippen LogP contribution >= 0.6 is 0 Å². The molecule has 2 N–H and O–H groups in total. The van der Waals surface area contributed by atoms with Gasteiger partial charge in [0.25, 0.3) is 17.4 Å². The van der Waals surface area contributed by atoms with Crippen molar-refractivity contribution in [1.29, 1.82) is 0 Å². The highest BCUT2D eigenvalue weighted by atomic mass is 16.2. The molecule has 164 valence electrons. The average Bonchev–Trinajstić information content (AvgIpc) is 2.83. The molecular formula is C27H23N3O3. The molecule has 0 spiro atoms. The molecule has 0 bridgehead atoms. The number of carbonyl (C=O) groups excluding carboxylic acids is 2. The van der Waals surface area contributed by atoms with E-state index >= 15 is 0 Å². The lowest BCUT2D eigenvalue weighted by Gasteiger charge is -2.12. The minimum Gasteiger partial charge on any atom is -0.322 e. The first-order valence-electron chi connectivity index (χ1n) is 10.5. The lowest BCUT2D eigenvalue weighted by molar-refractivity contribution is 0.101. The molecule has 0 unspecified atom stereocenters. The fraction of sp³-hybridized carbons (Fsp3) is 0.0741. The predicted octanol–water partition coefficient (Wildman–Crippen LogP) is 4.71. The Morgan fingerprint density at radius 1 is 0.758 bits per heavy atom. The van der Waals surface area contributed by atoms with Gasteiger partial charge in [0.1, 0.15) is 0 Å². The molecule has 0 aliphatic rings. The SMILES string of the molecule is Cc1ccc(C(=O)Nc2ccc(Cn3ccccc3=O)cc2)cc1NC(=O)c1ccccc1. The smallest absolute Gasteiger partial charge is 0.255 e. The molecule has 4 aromatic rings. The van der Waals surface area contributed by atoms with Crippen molar-refractivity contribution in [2.75, 3.05) is 10.6 Å². The van der Waals surface area contributed by atoms with Crippen LogP contribution in [0, 0.1) is 6.92 Å². The van der Waals surface area contributed by atoms with Crippen molar-refractivity contribution < 1.29 is 9.59 Å². The Balaban J connectivity index is 1.44. The minimum absolute atomic E-state index is 0.0654. The predicted molar refractivity (Wildman–Crippen MR) is 130 cm³/mol. The van der Waals surface area contributed by atoms with Gasteiger partial charge >= 0.3 is 0 Å². The Labute approximate surface area is 191 Å². The van der Waals surface area contributed by atoms with Crippen LogP contribution in [0.4, 0.5) is 11.4 Å². The van der Waals surface area contributed by atoms with Crippen molar-refractivity contribution in [3.05, 3.63) is 130 Å². The number of amides is 2. The highest BCUT2D eigenvalue weighted by Crippen LogP contribution is 2.20. The van der Waals surface area contributed by atoms with Gasteiger partial charge in [-0.25, -0.2) is 0 Å². The number of aromatic nitrogens is 1. The standard InChI is InChI=1S/C27H23N3O3/c1-19-10-13-22(17-24(19)29-26(32)21-7-3-2-4-8-21)27(33)28-23-14-11-20(12-15-23)18-30-16-6-5-9-25(30)31/h2-17H,18H2,1H3,(H,28,33)(H,29,32). The second-order valence-corrected chi connectivity index (χ2v) is 7.67. The molecule has 2 amide bonds. The van der Waals surface area contributed by atoms with E-state index in [9.17, 15) is 14.4 Å². The van der Waals surface area contributed by atoms with Crippen LogP contribution in [-0.2, 0) is 6.54 Å². The Morgan fingerprint density at radius 3 is 2.18 bits per heavy atom. The average molecular weight is 437 g/mol. The van der Waals surface area contributed by atoms with Crippen LogP contribution in [0.3, 0.4) is 0 Å². The summed E-state index contributed by atoms with van der Waals surface area (Å²) in [6, 6.07) is 26.5. The Hall–Kier alpha value is -4.45. The Kier molecular flexibility index (Phi) is 6.45. The van der Waals surface area contributed by atoms with Gasteiger partial charge < -0.3 is 15.2 Å². The van der Waals surface area contributed by atoms with E-state index in [1.54, 1.807) is 71.4 Å². The van der Waals surface area contributed by atoms with Gasteiger partial charge in [-0.3, -0.25) is 14.4 Å². The van der Waals surface area contributed by atoms with Crippen LogP contribution in [0.5, 0.6) is 0 Å². The molecule has 0 saturated carbocycles. The van der Waals surface area contributed by atoms with Crippen molar-refractivity contribution in [3.63, 3.8) is 0 Å². The molecule has 0 fully saturated rings. The van der Waals surface area contributed by atoms with E-state index in [0.717, 1.165) is 11.1 Å². The molecule has 3 aromatic carbocycles. The zero-order chi connectivity index (χ0) is 23.2. The molecule has 1 heterocycles. The molecule has 0 radical (unpaired) electrons. The van der Waals surface area contributed by atoms with Gasteiger partial charge in [-0.15, -0.1) is 0 Å². The van der Waals surface area contributed by atoms with E-state index in [1.165, 1.54) is 6.07 Å². The summed E-state index contributed by atoms with van der Waals surface area (Å²) >= 11 is 0. The van der Waals surface area contributed by atoms with E-state index in [2.05, 4.69) is 10.6 Å². The number of aryl methyl sites for hydroxylation is 1. The Morgan fingerprint density at radius 2 is 1.45 bits per heavy atom. The molecule has 1 aromatic heterocycles. The first-order valence-corrected chi connectivity index (χ1v) is 10.5. The monoisotopic (exact) mass is 437 g/mol. The van der Waals surface area contributed by atoms with Gasteiger partial charge in [-0.2, -0.15) is 0 Å². The van der Waals surface area contributed by atoms with E-state index in [-0.39, 0.29) is 17.4 Å². The number of hydrogen-bond acceptors (Lipinski definition) is 3. The summed E-state index contributed by atoms with van der Waals surface area (Å²) in [7, 11) is 0. The lowest BCUT2D eigenvalue weighted by atomic mass is 10.1. The molecule has 6 heteroatoms. The van der Waals surface area contributed by atoms with Gasteiger partial charge in [0.15, 0.2) is 0 Å². The molecule has 33 heavy (non-hydrogen) atoms. The molecule has 0 atom stereocenters. The maximum absolute atomic E-state index is 12.8. The van der Waals surface area contributed by atoms with E-state index < -0.39 is 0 Å². The number of hydrogen-bond donors (Lipinski definition) is 2. The van der Waals surface area contributed by atoms with Gasteiger partial charge in [0.2, 0.25) is 0 Å². The van der Waals surface area contributed by atoms with Crippen molar-refractivity contribution in [2.45, 2.75) is 13.5 Å². The van der Waals surface area contributed by atoms with Crippen LogP contribution in [-0.4, -0.2) is 16.4 Å². The molecular weight excluding hydrogens is 414 g/mol. The number of nitrogens with one attached hydrogen (secondary N) is 2. The summed E-state index contributed by atoms with van der Waals surface area (Å²) in [5.41, 5.74) is 3.94. The summed E-state index contributed by atoms with van der Waals surface area (Å²) in [5, 5.41) is 5.75. The van der Waals surface area contributed by atoms with Gasteiger partial charge in [0.05, 0.1) is 6.54 Å². The first kappa shape index (κ1) is 21.8. The van der Waals surface area contributed by atoms with Crippen molar-refractivity contribution in [2.24, 2.45) is 0 Å². The van der Waals surface area contributed by atoms with Crippen LogP contribution in [0.15, 0.2) is 102 Å². The number of anilines is 2. The lowest BCUT2D eigenvalue weighted by Crippen LogP contribution is -2.18. The van der Waals surface area contributed by atoms with E-state index in [0.29, 0.717) is 29.0 Å². The summed E-state index contributed by atoms with van der Waals surface area (Å²) in [6.07, 6.45) is 1.74. The largest absolute Gasteiger partial charge is 0.322 e. The number of pyridine rings is 1. The van der Waals surface area contributed by atoms with Crippen LogP contribution in [0.1, 0.15) is 31.8 Å². The van der Waals surface area contributed by atoms with Gasteiger partial charge in [-0.05, 0) is 60.5 Å². The van der Waals surface area contributed by atoms with Crippen molar-refractivity contribution >= 4 is 23.2 Å². The summed E-state index contributed by atoms with van der Waals surface area (Å²) in [6.45, 7) is 2.33. The zero-order valence-electron chi connectivity index (χ0n) is 18.1. The highest BCUT2D eigenvalue weighted by molar-refractivity contribution is 6.07. The van der Waals surface area contributed by atoms with E-state index in [1.807, 2.05) is 31.2 Å². The third-order valence-electron chi connectivity index (χ3n) is 5.25. The Bertz CT molecular complexity index is 1340. The van der Waals surface area contributed by atoms with Crippen LogP contribution in [0.2, 0.25) is 0 Å². The first-order chi connectivity index (χ1) is 16.0. The zero-order valence-corrected chi connectivity index (χ0v) is 18.1. The summed E-state index contributed by atoms with van der Waals surface area (Å²) in [5.74, 6) is -0.512. The number of carbonyl (C=O) groups is 2. The number of nitrogens with zero attached hydrogens (tertiary/aromatic N) is 1. The fourth-order valence-electron chi connectivity index (χ4n) is 3.37. The van der Waals surface area contributed by atoms with Crippen molar-refractivity contribution in [3.8, 4) is 0 Å². The second-order valence-electron chi connectivity index (χ2n) is 7.67. The topological polar surface area (TPSA) is 80.2 Å². The third-order valence-corrected chi connectivity index (χ3v) is 5.25. The molecule has 6 nitrogen and oxygen atoms in total. The highest BCUT2D eigenvalue weighted by Gasteiger charge is 2.12. The molecule has 0 aliphatic carbocycles. The van der Waals surface area contributed by atoms with Gasteiger partial charge in [0, 0.05) is 34.8 Å². The third kappa shape index (κ3) is 5.43. The number of rotatable bonds is 6. The number of benzene rings is 3. The molecule has 0 saturated heterocycles.